The monoisotopic (exact) mass is 289 g/mol. The van der Waals surface area contributed by atoms with Crippen LogP contribution in [0.3, 0.4) is 0 Å². The van der Waals surface area contributed by atoms with Crippen LogP contribution in [-0.4, -0.2) is 33.3 Å². The van der Waals surface area contributed by atoms with Gasteiger partial charge >= 0.3 is 5.97 Å². The summed E-state index contributed by atoms with van der Waals surface area (Å²) in [4.78, 5) is 24.2. The Morgan fingerprint density at radius 2 is 2.05 bits per heavy atom. The molecular weight excluding hydrogens is 274 g/mol. The molecule has 0 bridgehead atoms. The lowest BCUT2D eigenvalue weighted by molar-refractivity contribution is -0.139. The molecule has 2 aromatic heterocycles. The summed E-state index contributed by atoms with van der Waals surface area (Å²) in [6.07, 6.45) is 3.40. The number of hydrogen-bond acceptors (Lipinski definition) is 6. The molecule has 0 spiro atoms. The number of ether oxygens (including phenoxy) is 1. The quantitative estimate of drug-likeness (QED) is 0.479. The number of rotatable bonds is 5. The Morgan fingerprint density at radius 3 is 2.75 bits per heavy atom. The van der Waals surface area contributed by atoms with Crippen molar-refractivity contribution in [2.45, 2.75) is 18.9 Å². The van der Waals surface area contributed by atoms with E-state index in [-0.39, 0.29) is 11.7 Å². The molecule has 0 radical (unpaired) electrons. The third kappa shape index (κ3) is 4.03. The fraction of sp³-hybridized carbons (Fsp3) is 0.286. The summed E-state index contributed by atoms with van der Waals surface area (Å²) < 4.78 is 4.90. The van der Waals surface area contributed by atoms with Gasteiger partial charge < -0.3 is 4.74 Å². The molecule has 2 rings (SSSR count). The van der Waals surface area contributed by atoms with Crippen LogP contribution in [0.4, 0.5) is 0 Å². The molecule has 0 aliphatic carbocycles. The smallest absolute Gasteiger partial charge is 0.316 e. The lowest BCUT2D eigenvalue weighted by atomic mass is 10.2. The normalized spacial score (nSPS) is 10.3. The summed E-state index contributed by atoms with van der Waals surface area (Å²) in [6.45, 7) is 4.09. The maximum absolute atomic E-state index is 11.4. The minimum atomic E-state index is -0.237. The maximum Gasteiger partial charge on any atom is 0.316 e. The summed E-state index contributed by atoms with van der Waals surface area (Å²) in [7, 11) is 0. The second kappa shape index (κ2) is 7.00. The van der Waals surface area contributed by atoms with E-state index in [0.717, 1.165) is 16.3 Å². The van der Waals surface area contributed by atoms with Crippen molar-refractivity contribution in [1.29, 1.82) is 0 Å². The fourth-order valence-corrected chi connectivity index (χ4v) is 2.33. The van der Waals surface area contributed by atoms with Crippen molar-refractivity contribution in [2.24, 2.45) is 0 Å². The van der Waals surface area contributed by atoms with Crippen LogP contribution in [0, 0.1) is 6.92 Å². The second-order valence-corrected chi connectivity index (χ2v) is 5.00. The minimum Gasteiger partial charge on any atom is -0.465 e. The zero-order valence-electron chi connectivity index (χ0n) is 11.4. The highest BCUT2D eigenvalue weighted by Gasteiger charge is 2.08. The van der Waals surface area contributed by atoms with Gasteiger partial charge in [-0.1, -0.05) is 11.8 Å². The molecule has 0 aliphatic heterocycles. The number of aryl methyl sites for hydroxylation is 1. The van der Waals surface area contributed by atoms with Crippen LogP contribution in [0.25, 0.3) is 11.4 Å². The largest absolute Gasteiger partial charge is 0.465 e. The molecule has 0 aliphatic rings. The van der Waals surface area contributed by atoms with Crippen molar-refractivity contribution in [2.75, 3.05) is 12.4 Å². The van der Waals surface area contributed by atoms with Crippen LogP contribution in [0.15, 0.2) is 35.6 Å². The van der Waals surface area contributed by atoms with E-state index in [0.29, 0.717) is 12.4 Å². The average Bonchev–Trinajstić information content (AvgIpc) is 2.46. The molecule has 0 atom stereocenters. The van der Waals surface area contributed by atoms with Crippen LogP contribution < -0.4 is 0 Å². The van der Waals surface area contributed by atoms with E-state index in [1.54, 1.807) is 19.3 Å². The summed E-state index contributed by atoms with van der Waals surface area (Å²) in [6, 6.07) is 5.57. The molecule has 5 nitrogen and oxygen atoms in total. The van der Waals surface area contributed by atoms with Crippen LogP contribution in [0.1, 0.15) is 12.6 Å². The fourth-order valence-electron chi connectivity index (χ4n) is 1.58. The van der Waals surface area contributed by atoms with Gasteiger partial charge in [0.2, 0.25) is 0 Å². The molecule has 0 unspecified atom stereocenters. The molecule has 0 amide bonds. The topological polar surface area (TPSA) is 65.0 Å². The molecule has 0 saturated carbocycles. The number of carbonyl (C=O) groups is 1. The highest BCUT2D eigenvalue weighted by molar-refractivity contribution is 7.99. The Kier molecular flexibility index (Phi) is 5.06. The van der Waals surface area contributed by atoms with Crippen LogP contribution >= 0.6 is 11.8 Å². The Balaban J connectivity index is 2.15. The van der Waals surface area contributed by atoms with Gasteiger partial charge in [0.05, 0.1) is 12.4 Å². The first-order chi connectivity index (χ1) is 9.69. The highest BCUT2D eigenvalue weighted by atomic mass is 32.2. The molecular formula is C14H15N3O2S. The van der Waals surface area contributed by atoms with E-state index in [4.69, 9.17) is 4.74 Å². The molecule has 20 heavy (non-hydrogen) atoms. The van der Waals surface area contributed by atoms with Gasteiger partial charge in [0, 0.05) is 23.7 Å². The van der Waals surface area contributed by atoms with Crippen molar-refractivity contribution < 1.29 is 9.53 Å². The van der Waals surface area contributed by atoms with Gasteiger partial charge in [0.1, 0.15) is 5.03 Å². The summed E-state index contributed by atoms with van der Waals surface area (Å²) >= 11 is 1.35. The van der Waals surface area contributed by atoms with Gasteiger partial charge in [-0.05, 0) is 32.0 Å². The summed E-state index contributed by atoms with van der Waals surface area (Å²) in [5.74, 6) is 0.651. The lowest BCUT2D eigenvalue weighted by Crippen LogP contribution is -2.07. The third-order valence-electron chi connectivity index (χ3n) is 2.41. The van der Waals surface area contributed by atoms with Gasteiger partial charge in [-0.3, -0.25) is 9.78 Å². The number of hydrogen-bond donors (Lipinski definition) is 0. The third-order valence-corrected chi connectivity index (χ3v) is 3.30. The Morgan fingerprint density at radius 1 is 1.30 bits per heavy atom. The van der Waals surface area contributed by atoms with Crippen molar-refractivity contribution in [3.63, 3.8) is 0 Å². The average molecular weight is 289 g/mol. The van der Waals surface area contributed by atoms with Gasteiger partial charge in [-0.15, -0.1) is 0 Å². The minimum absolute atomic E-state index is 0.237. The van der Waals surface area contributed by atoms with Crippen LogP contribution in [0.2, 0.25) is 0 Å². The second-order valence-electron chi connectivity index (χ2n) is 4.00. The molecule has 6 heteroatoms. The van der Waals surface area contributed by atoms with Crippen molar-refractivity contribution >= 4 is 17.7 Å². The highest BCUT2D eigenvalue weighted by Crippen LogP contribution is 2.21. The molecule has 2 heterocycles. The zero-order valence-corrected chi connectivity index (χ0v) is 12.2. The van der Waals surface area contributed by atoms with Crippen molar-refractivity contribution in [3.8, 4) is 11.4 Å². The SMILES string of the molecule is CCOC(=O)CSc1cc(C)nc(-c2ccncc2)n1. The van der Waals surface area contributed by atoms with E-state index < -0.39 is 0 Å². The van der Waals surface area contributed by atoms with E-state index >= 15 is 0 Å². The molecule has 0 N–H and O–H groups in total. The van der Waals surface area contributed by atoms with E-state index in [2.05, 4.69) is 15.0 Å². The lowest BCUT2D eigenvalue weighted by Gasteiger charge is -2.05. The first-order valence-corrected chi connectivity index (χ1v) is 7.22. The number of aromatic nitrogens is 3. The van der Waals surface area contributed by atoms with Crippen molar-refractivity contribution in [1.82, 2.24) is 15.0 Å². The Bertz CT molecular complexity index is 590. The molecule has 104 valence electrons. The number of thioether (sulfide) groups is 1. The Labute approximate surface area is 121 Å². The van der Waals surface area contributed by atoms with E-state index in [1.807, 2.05) is 25.1 Å². The van der Waals surface area contributed by atoms with E-state index in [1.165, 1.54) is 11.8 Å². The predicted molar refractivity (Wildman–Crippen MR) is 77.4 cm³/mol. The maximum atomic E-state index is 11.4. The number of esters is 1. The summed E-state index contributed by atoms with van der Waals surface area (Å²) in [5.41, 5.74) is 1.76. The van der Waals surface area contributed by atoms with Gasteiger partial charge in [-0.2, -0.15) is 0 Å². The van der Waals surface area contributed by atoms with E-state index in [9.17, 15) is 4.79 Å². The summed E-state index contributed by atoms with van der Waals surface area (Å²) in [5, 5.41) is 0.761. The standard InChI is InChI=1S/C14H15N3O2S/c1-3-19-13(18)9-20-12-8-10(2)16-14(17-12)11-4-6-15-7-5-11/h4-8H,3,9H2,1-2H3. The van der Waals surface area contributed by atoms with Gasteiger partial charge in [0.15, 0.2) is 5.82 Å². The van der Waals surface area contributed by atoms with Crippen LogP contribution in [0.5, 0.6) is 0 Å². The van der Waals surface area contributed by atoms with Gasteiger partial charge in [-0.25, -0.2) is 9.97 Å². The molecule has 2 aromatic rings. The first-order valence-electron chi connectivity index (χ1n) is 6.23. The van der Waals surface area contributed by atoms with Gasteiger partial charge in [0.25, 0.3) is 0 Å². The zero-order chi connectivity index (χ0) is 14.4. The predicted octanol–water partition coefficient (Wildman–Crippen LogP) is 2.50. The molecule has 0 saturated heterocycles. The first kappa shape index (κ1) is 14.5. The number of nitrogens with zero attached hydrogens (tertiary/aromatic N) is 3. The number of carbonyl (C=O) groups excluding carboxylic acids is 1. The molecule has 0 fully saturated rings. The Hall–Kier alpha value is -1.95. The van der Waals surface area contributed by atoms with Crippen LogP contribution in [-0.2, 0) is 9.53 Å². The number of pyridine rings is 1. The van der Waals surface area contributed by atoms with Crippen molar-refractivity contribution in [3.05, 3.63) is 36.3 Å². The molecule has 0 aromatic carbocycles.